The zero-order valence-corrected chi connectivity index (χ0v) is 22.7. The number of benzene rings is 1. The van der Waals surface area contributed by atoms with Crippen molar-refractivity contribution in [3.8, 4) is 11.5 Å². The molecule has 10 nitrogen and oxygen atoms in total. The summed E-state index contributed by atoms with van der Waals surface area (Å²) in [6.45, 7) is 9.14. The highest BCUT2D eigenvalue weighted by molar-refractivity contribution is 7.80. The van der Waals surface area contributed by atoms with E-state index < -0.39 is 0 Å². The first-order valence-corrected chi connectivity index (χ1v) is 13.9. The van der Waals surface area contributed by atoms with E-state index in [1.165, 1.54) is 0 Å². The lowest BCUT2D eigenvalue weighted by molar-refractivity contribution is 0.0357. The second-order valence-electron chi connectivity index (χ2n) is 8.93. The van der Waals surface area contributed by atoms with Gasteiger partial charge in [0.05, 0.1) is 39.0 Å². The quantitative estimate of drug-likeness (QED) is 0.319. The van der Waals surface area contributed by atoms with E-state index in [9.17, 15) is 0 Å². The summed E-state index contributed by atoms with van der Waals surface area (Å²) in [5.74, 6) is 2.31. The van der Waals surface area contributed by atoms with Gasteiger partial charge in [-0.2, -0.15) is 0 Å². The van der Waals surface area contributed by atoms with E-state index in [0.29, 0.717) is 24.7 Å². The van der Waals surface area contributed by atoms with Gasteiger partial charge in [0.2, 0.25) is 0 Å². The number of nitrogens with zero attached hydrogens (tertiary/aromatic N) is 6. The molecule has 0 spiro atoms. The number of hydrogen-bond donors (Lipinski definition) is 1. The van der Waals surface area contributed by atoms with Crippen LogP contribution in [0.25, 0.3) is 10.9 Å². The van der Waals surface area contributed by atoms with Crippen molar-refractivity contribution in [3.05, 3.63) is 35.0 Å². The number of nitrogens with one attached hydrogen (secondary N) is 1. The standard InChI is InChI=1S/C25H33N7O3S2/c1-33-21-15-19-20(16-22(21)35-11-2-4-30-9-12-34-13-10-30)28-18-29-24(19)31-5-7-32(8-6-31)25(36)27-17-23-26-3-14-37-23/h3,14-16,18H,2,4-13,17H2,1H3,(H,27,36). The molecule has 2 aliphatic rings. The maximum Gasteiger partial charge on any atom is 0.169 e. The molecule has 0 radical (unpaired) electrons. The highest BCUT2D eigenvalue weighted by Crippen LogP contribution is 2.35. The summed E-state index contributed by atoms with van der Waals surface area (Å²) in [6, 6.07) is 3.95. The Morgan fingerprint density at radius 1 is 1.08 bits per heavy atom. The molecule has 198 valence electrons. The number of anilines is 1. The summed E-state index contributed by atoms with van der Waals surface area (Å²) in [4.78, 5) is 20.4. The van der Waals surface area contributed by atoms with Crippen molar-refractivity contribution in [2.24, 2.45) is 0 Å². The zero-order chi connectivity index (χ0) is 25.5. The summed E-state index contributed by atoms with van der Waals surface area (Å²) >= 11 is 7.24. The number of fused-ring (bicyclic) bond motifs is 1. The van der Waals surface area contributed by atoms with E-state index in [1.807, 2.05) is 23.7 Å². The molecule has 3 aromatic rings. The molecule has 2 saturated heterocycles. The second kappa shape index (κ2) is 12.6. The number of piperazine rings is 1. The average molecular weight is 544 g/mol. The summed E-state index contributed by atoms with van der Waals surface area (Å²) in [7, 11) is 1.67. The predicted molar refractivity (Wildman–Crippen MR) is 149 cm³/mol. The van der Waals surface area contributed by atoms with Gasteiger partial charge in [0.1, 0.15) is 17.2 Å². The van der Waals surface area contributed by atoms with E-state index >= 15 is 0 Å². The minimum absolute atomic E-state index is 0.621. The van der Waals surface area contributed by atoms with E-state index in [0.717, 1.165) is 92.3 Å². The van der Waals surface area contributed by atoms with Gasteiger partial charge in [-0.25, -0.2) is 15.0 Å². The molecule has 0 amide bonds. The molecular formula is C25H33N7O3S2. The minimum atomic E-state index is 0.621. The zero-order valence-electron chi connectivity index (χ0n) is 21.1. The second-order valence-corrected chi connectivity index (χ2v) is 10.3. The van der Waals surface area contributed by atoms with Gasteiger partial charge in [-0.15, -0.1) is 11.3 Å². The number of thiocarbonyl (C=S) groups is 1. The van der Waals surface area contributed by atoms with Crippen molar-refractivity contribution in [1.82, 2.24) is 30.1 Å². The lowest BCUT2D eigenvalue weighted by atomic mass is 10.2. The first-order valence-electron chi connectivity index (χ1n) is 12.6. The fraction of sp³-hybridized carbons (Fsp3) is 0.520. The Labute approximate surface area is 226 Å². The molecule has 2 aliphatic heterocycles. The Bertz CT molecular complexity index is 1170. The first-order chi connectivity index (χ1) is 18.2. The number of hydrogen-bond acceptors (Lipinski definition) is 10. The summed E-state index contributed by atoms with van der Waals surface area (Å²) in [5, 5.41) is 8.05. The fourth-order valence-electron chi connectivity index (χ4n) is 4.59. The van der Waals surface area contributed by atoms with Gasteiger partial charge < -0.3 is 29.3 Å². The number of rotatable bonds is 9. The molecule has 2 fully saturated rings. The van der Waals surface area contributed by atoms with Crippen LogP contribution in [0.4, 0.5) is 5.82 Å². The third-order valence-corrected chi connectivity index (χ3v) is 7.80. The Hall–Kier alpha value is -2.80. The van der Waals surface area contributed by atoms with Gasteiger partial charge in [0, 0.05) is 68.8 Å². The molecule has 2 aromatic heterocycles. The third-order valence-electron chi connectivity index (χ3n) is 6.62. The molecule has 1 aromatic carbocycles. The summed E-state index contributed by atoms with van der Waals surface area (Å²) in [5.41, 5.74) is 0.844. The Kier molecular flexibility index (Phi) is 8.82. The molecule has 0 aliphatic carbocycles. The van der Waals surface area contributed by atoms with E-state index in [1.54, 1.807) is 24.8 Å². The van der Waals surface area contributed by atoms with Crippen molar-refractivity contribution >= 4 is 45.4 Å². The molecule has 0 bridgehead atoms. The number of thiazole rings is 1. The Morgan fingerprint density at radius 3 is 2.68 bits per heavy atom. The van der Waals surface area contributed by atoms with Gasteiger partial charge >= 0.3 is 0 Å². The highest BCUT2D eigenvalue weighted by Gasteiger charge is 2.22. The average Bonchev–Trinajstić information content (AvgIpc) is 3.48. The van der Waals surface area contributed by atoms with E-state index in [-0.39, 0.29) is 0 Å². The van der Waals surface area contributed by atoms with Crippen molar-refractivity contribution in [2.75, 3.05) is 77.6 Å². The molecule has 0 saturated carbocycles. The van der Waals surface area contributed by atoms with Crippen molar-refractivity contribution in [3.63, 3.8) is 0 Å². The molecule has 4 heterocycles. The van der Waals surface area contributed by atoms with Gasteiger partial charge in [-0.1, -0.05) is 0 Å². The summed E-state index contributed by atoms with van der Waals surface area (Å²) in [6.07, 6.45) is 4.38. The van der Waals surface area contributed by atoms with Crippen LogP contribution in [0.1, 0.15) is 11.4 Å². The Morgan fingerprint density at radius 2 is 1.92 bits per heavy atom. The Balaban J connectivity index is 1.19. The predicted octanol–water partition coefficient (Wildman–Crippen LogP) is 2.39. The van der Waals surface area contributed by atoms with Gasteiger partial charge in [-0.3, -0.25) is 4.90 Å². The fourth-order valence-corrected chi connectivity index (χ4v) is 5.41. The topological polar surface area (TPSA) is 88.1 Å². The number of methoxy groups -OCH3 is 1. The normalized spacial score (nSPS) is 16.7. The van der Waals surface area contributed by atoms with Crippen LogP contribution in [-0.4, -0.2) is 103 Å². The smallest absolute Gasteiger partial charge is 0.169 e. The molecular weight excluding hydrogens is 510 g/mol. The lowest BCUT2D eigenvalue weighted by Gasteiger charge is -2.37. The van der Waals surface area contributed by atoms with Crippen molar-refractivity contribution < 1.29 is 14.2 Å². The van der Waals surface area contributed by atoms with E-state index in [2.05, 4.69) is 35.0 Å². The summed E-state index contributed by atoms with van der Waals surface area (Å²) < 4.78 is 17.2. The maximum absolute atomic E-state index is 6.11. The van der Waals surface area contributed by atoms with Crippen LogP contribution >= 0.6 is 23.6 Å². The van der Waals surface area contributed by atoms with Gasteiger partial charge in [-0.05, 0) is 24.7 Å². The maximum atomic E-state index is 6.11. The van der Waals surface area contributed by atoms with Crippen LogP contribution < -0.4 is 19.7 Å². The highest BCUT2D eigenvalue weighted by atomic mass is 32.1. The van der Waals surface area contributed by atoms with Gasteiger partial charge in [0.25, 0.3) is 0 Å². The molecule has 37 heavy (non-hydrogen) atoms. The first kappa shape index (κ1) is 25.8. The number of ether oxygens (including phenoxy) is 3. The monoisotopic (exact) mass is 543 g/mol. The largest absolute Gasteiger partial charge is 0.493 e. The third kappa shape index (κ3) is 6.56. The van der Waals surface area contributed by atoms with Crippen LogP contribution in [0.5, 0.6) is 11.5 Å². The molecule has 12 heteroatoms. The van der Waals surface area contributed by atoms with Crippen LogP contribution in [0, 0.1) is 0 Å². The van der Waals surface area contributed by atoms with Crippen LogP contribution in [0.2, 0.25) is 0 Å². The van der Waals surface area contributed by atoms with E-state index in [4.69, 9.17) is 26.4 Å². The van der Waals surface area contributed by atoms with Crippen LogP contribution in [-0.2, 0) is 11.3 Å². The molecule has 5 rings (SSSR count). The molecule has 0 atom stereocenters. The SMILES string of the molecule is COc1cc2c(N3CCN(C(=S)NCc4nccs4)CC3)ncnc2cc1OCCCN1CCOCC1. The van der Waals surface area contributed by atoms with Crippen molar-refractivity contribution in [2.45, 2.75) is 13.0 Å². The van der Waals surface area contributed by atoms with Crippen molar-refractivity contribution in [1.29, 1.82) is 0 Å². The van der Waals surface area contributed by atoms with Crippen LogP contribution in [0.3, 0.4) is 0 Å². The lowest BCUT2D eigenvalue weighted by Crippen LogP contribution is -2.51. The van der Waals surface area contributed by atoms with Crippen LogP contribution in [0.15, 0.2) is 30.0 Å². The number of morpholine rings is 1. The van der Waals surface area contributed by atoms with Gasteiger partial charge in [0.15, 0.2) is 16.6 Å². The number of aromatic nitrogens is 3. The molecule has 0 unspecified atom stereocenters. The molecule has 1 N–H and O–H groups in total. The minimum Gasteiger partial charge on any atom is -0.493 e.